The third kappa shape index (κ3) is 1.69. The van der Waals surface area contributed by atoms with Crippen molar-refractivity contribution < 1.29 is 0 Å². The molecule has 3 nitrogen and oxygen atoms in total. The van der Waals surface area contributed by atoms with Crippen molar-refractivity contribution in [3.8, 4) is 0 Å². The molecule has 92 valence electrons. The van der Waals surface area contributed by atoms with Crippen LogP contribution in [0.5, 0.6) is 0 Å². The molecule has 3 aromatic rings. The van der Waals surface area contributed by atoms with Gasteiger partial charge in [0.05, 0.1) is 17.6 Å². The zero-order valence-electron chi connectivity index (χ0n) is 10.5. The van der Waals surface area contributed by atoms with E-state index in [1.54, 1.807) is 11.3 Å². The van der Waals surface area contributed by atoms with Gasteiger partial charge in [-0.2, -0.15) is 11.3 Å². The van der Waals surface area contributed by atoms with Crippen molar-refractivity contribution in [1.82, 2.24) is 9.55 Å². The van der Waals surface area contributed by atoms with E-state index in [1.807, 2.05) is 0 Å². The van der Waals surface area contributed by atoms with Crippen molar-refractivity contribution in [2.45, 2.75) is 20.4 Å². The average Bonchev–Trinajstić information content (AvgIpc) is 2.87. The number of rotatable bonds is 2. The van der Waals surface area contributed by atoms with E-state index >= 15 is 0 Å². The second-order valence-electron chi connectivity index (χ2n) is 4.58. The zero-order chi connectivity index (χ0) is 12.7. The predicted octanol–water partition coefficient (Wildman–Crippen LogP) is 3.35. The van der Waals surface area contributed by atoms with E-state index < -0.39 is 0 Å². The first kappa shape index (κ1) is 11.3. The molecule has 0 saturated heterocycles. The Morgan fingerprint density at radius 3 is 2.78 bits per heavy atom. The fourth-order valence-electron chi connectivity index (χ4n) is 2.19. The number of thiophene rings is 1. The summed E-state index contributed by atoms with van der Waals surface area (Å²) >= 11 is 1.73. The summed E-state index contributed by atoms with van der Waals surface area (Å²) in [6, 6.07) is 6.19. The number of hydrogen-bond donors (Lipinski definition) is 1. The molecular formula is C14H15N3S. The SMILES string of the molecule is Cc1cscc1Cn1c(N)nc2c(C)cccc21. The number of aryl methyl sites for hydroxylation is 2. The minimum Gasteiger partial charge on any atom is -0.369 e. The summed E-state index contributed by atoms with van der Waals surface area (Å²) in [5.41, 5.74) is 11.9. The molecule has 0 radical (unpaired) electrons. The Balaban J connectivity index is 2.15. The normalized spacial score (nSPS) is 11.2. The molecular weight excluding hydrogens is 242 g/mol. The minimum absolute atomic E-state index is 0.588. The summed E-state index contributed by atoms with van der Waals surface area (Å²) in [7, 11) is 0. The van der Waals surface area contributed by atoms with Gasteiger partial charge in [0.25, 0.3) is 0 Å². The number of hydrogen-bond acceptors (Lipinski definition) is 3. The number of para-hydroxylation sites is 1. The highest BCUT2D eigenvalue weighted by atomic mass is 32.1. The molecule has 1 aromatic carbocycles. The van der Waals surface area contributed by atoms with Gasteiger partial charge in [0.2, 0.25) is 5.95 Å². The van der Waals surface area contributed by atoms with Crippen molar-refractivity contribution in [2.24, 2.45) is 0 Å². The van der Waals surface area contributed by atoms with Crippen LogP contribution in [-0.4, -0.2) is 9.55 Å². The molecule has 0 bridgehead atoms. The molecule has 0 atom stereocenters. The maximum absolute atomic E-state index is 6.04. The Morgan fingerprint density at radius 2 is 2.06 bits per heavy atom. The van der Waals surface area contributed by atoms with Gasteiger partial charge in [-0.1, -0.05) is 12.1 Å². The van der Waals surface area contributed by atoms with E-state index in [-0.39, 0.29) is 0 Å². The minimum atomic E-state index is 0.588. The zero-order valence-corrected chi connectivity index (χ0v) is 11.3. The van der Waals surface area contributed by atoms with E-state index in [1.165, 1.54) is 16.7 Å². The molecule has 0 amide bonds. The Labute approximate surface area is 110 Å². The topological polar surface area (TPSA) is 43.8 Å². The van der Waals surface area contributed by atoms with Gasteiger partial charge in [0.1, 0.15) is 0 Å². The number of imidazole rings is 1. The fourth-order valence-corrected chi connectivity index (χ4v) is 3.04. The van der Waals surface area contributed by atoms with Gasteiger partial charge in [0.15, 0.2) is 0 Å². The highest BCUT2D eigenvalue weighted by Crippen LogP contribution is 2.24. The predicted molar refractivity (Wildman–Crippen MR) is 77.0 cm³/mol. The van der Waals surface area contributed by atoms with Gasteiger partial charge >= 0.3 is 0 Å². The molecule has 3 rings (SSSR count). The number of benzene rings is 1. The van der Waals surface area contributed by atoms with E-state index in [9.17, 15) is 0 Å². The highest BCUT2D eigenvalue weighted by Gasteiger charge is 2.11. The second-order valence-corrected chi connectivity index (χ2v) is 5.32. The van der Waals surface area contributed by atoms with E-state index in [2.05, 4.69) is 52.4 Å². The van der Waals surface area contributed by atoms with Crippen LogP contribution < -0.4 is 5.73 Å². The molecule has 2 heterocycles. The van der Waals surface area contributed by atoms with Gasteiger partial charge in [-0.15, -0.1) is 0 Å². The molecule has 2 N–H and O–H groups in total. The third-order valence-electron chi connectivity index (χ3n) is 3.30. The monoisotopic (exact) mass is 257 g/mol. The van der Waals surface area contributed by atoms with Crippen LogP contribution in [0.15, 0.2) is 29.0 Å². The summed E-state index contributed by atoms with van der Waals surface area (Å²) in [5, 5.41) is 4.34. The number of nitrogens with zero attached hydrogens (tertiary/aromatic N) is 2. The summed E-state index contributed by atoms with van der Waals surface area (Å²) in [4.78, 5) is 4.47. The van der Waals surface area contributed by atoms with Crippen molar-refractivity contribution in [3.05, 3.63) is 45.6 Å². The molecule has 18 heavy (non-hydrogen) atoms. The van der Waals surface area contributed by atoms with Crippen molar-refractivity contribution in [1.29, 1.82) is 0 Å². The Morgan fingerprint density at radius 1 is 1.22 bits per heavy atom. The first-order chi connectivity index (χ1) is 8.66. The quantitative estimate of drug-likeness (QED) is 0.765. The maximum atomic E-state index is 6.04. The number of aromatic nitrogens is 2. The van der Waals surface area contributed by atoms with Crippen LogP contribution in [0.4, 0.5) is 5.95 Å². The van der Waals surface area contributed by atoms with Gasteiger partial charge in [-0.05, 0) is 47.4 Å². The maximum Gasteiger partial charge on any atom is 0.201 e. The van der Waals surface area contributed by atoms with Gasteiger partial charge in [-0.25, -0.2) is 4.98 Å². The third-order valence-corrected chi connectivity index (χ3v) is 4.21. The van der Waals surface area contributed by atoms with Crippen molar-refractivity contribution in [3.63, 3.8) is 0 Å². The van der Waals surface area contributed by atoms with E-state index in [0.717, 1.165) is 17.6 Å². The lowest BCUT2D eigenvalue weighted by Crippen LogP contribution is -2.04. The van der Waals surface area contributed by atoms with Crippen LogP contribution in [-0.2, 0) is 6.54 Å². The van der Waals surface area contributed by atoms with Gasteiger partial charge in [0, 0.05) is 0 Å². The molecule has 0 aliphatic carbocycles. The van der Waals surface area contributed by atoms with Crippen LogP contribution in [0.1, 0.15) is 16.7 Å². The average molecular weight is 257 g/mol. The lowest BCUT2D eigenvalue weighted by molar-refractivity contribution is 0.836. The summed E-state index contributed by atoms with van der Waals surface area (Å²) in [6.07, 6.45) is 0. The van der Waals surface area contributed by atoms with Gasteiger partial charge < -0.3 is 10.3 Å². The van der Waals surface area contributed by atoms with Gasteiger partial charge in [-0.3, -0.25) is 0 Å². The van der Waals surface area contributed by atoms with Crippen molar-refractivity contribution >= 4 is 28.3 Å². The van der Waals surface area contributed by atoms with Crippen molar-refractivity contribution in [2.75, 3.05) is 5.73 Å². The molecule has 0 saturated carbocycles. The Kier molecular flexibility index (Phi) is 2.59. The highest BCUT2D eigenvalue weighted by molar-refractivity contribution is 7.08. The van der Waals surface area contributed by atoms with Crippen LogP contribution in [0, 0.1) is 13.8 Å². The van der Waals surface area contributed by atoms with E-state index in [4.69, 9.17) is 5.73 Å². The number of nitrogen functional groups attached to an aromatic ring is 1. The summed E-state index contributed by atoms with van der Waals surface area (Å²) < 4.78 is 2.08. The fraction of sp³-hybridized carbons (Fsp3) is 0.214. The van der Waals surface area contributed by atoms with Crippen LogP contribution >= 0.6 is 11.3 Å². The first-order valence-corrected chi connectivity index (χ1v) is 6.84. The molecule has 2 aromatic heterocycles. The first-order valence-electron chi connectivity index (χ1n) is 5.90. The summed E-state index contributed by atoms with van der Waals surface area (Å²) in [5.74, 6) is 0.588. The van der Waals surface area contributed by atoms with Crippen LogP contribution in [0.25, 0.3) is 11.0 Å². The standard InChI is InChI=1S/C14H15N3S/c1-9-4-3-5-12-13(9)16-14(15)17(12)6-11-8-18-7-10(11)2/h3-5,7-8H,6H2,1-2H3,(H2,15,16). The Hall–Kier alpha value is -1.81. The molecule has 0 spiro atoms. The van der Waals surface area contributed by atoms with Crippen LogP contribution in [0.2, 0.25) is 0 Å². The molecule has 0 aliphatic heterocycles. The number of fused-ring (bicyclic) bond motifs is 1. The van der Waals surface area contributed by atoms with E-state index in [0.29, 0.717) is 5.95 Å². The second kappa shape index (κ2) is 4.14. The molecule has 0 aliphatic rings. The molecule has 0 unspecified atom stereocenters. The number of nitrogens with two attached hydrogens (primary N) is 1. The van der Waals surface area contributed by atoms with Crippen LogP contribution in [0.3, 0.4) is 0 Å². The lowest BCUT2D eigenvalue weighted by atomic mass is 10.2. The molecule has 4 heteroatoms. The summed E-state index contributed by atoms with van der Waals surface area (Å²) in [6.45, 7) is 4.99. The largest absolute Gasteiger partial charge is 0.369 e. The smallest absolute Gasteiger partial charge is 0.201 e. The molecule has 0 fully saturated rings. The Bertz CT molecular complexity index is 709. The number of anilines is 1. The lowest BCUT2D eigenvalue weighted by Gasteiger charge is -2.06.